The highest BCUT2D eigenvalue weighted by molar-refractivity contribution is 7.99. The van der Waals surface area contributed by atoms with Gasteiger partial charge in [0.05, 0.1) is 0 Å². The van der Waals surface area contributed by atoms with Crippen molar-refractivity contribution in [3.63, 3.8) is 0 Å². The summed E-state index contributed by atoms with van der Waals surface area (Å²) in [5, 5.41) is 4.36. The summed E-state index contributed by atoms with van der Waals surface area (Å²) in [6.07, 6.45) is 1.49. The van der Waals surface area contributed by atoms with E-state index in [-0.39, 0.29) is 0 Å². The first-order chi connectivity index (χ1) is 8.20. The number of anilines is 2. The second-order valence-electron chi connectivity index (χ2n) is 3.25. The molecule has 0 aliphatic carbocycles. The highest BCUT2D eigenvalue weighted by atomic mass is 35.5. The second-order valence-corrected chi connectivity index (χ2v) is 4.75. The highest BCUT2D eigenvalue weighted by Crippen LogP contribution is 2.33. The van der Waals surface area contributed by atoms with Crippen LogP contribution in [-0.2, 0) is 0 Å². The molecule has 2 aromatic rings. The lowest BCUT2D eigenvalue weighted by atomic mass is 10.4. The molecular formula is C11H11ClN4S. The molecule has 0 atom stereocenters. The zero-order valence-electron chi connectivity index (χ0n) is 9.14. The summed E-state index contributed by atoms with van der Waals surface area (Å²) in [6.45, 7) is 0. The van der Waals surface area contributed by atoms with E-state index in [0.29, 0.717) is 16.5 Å². The van der Waals surface area contributed by atoms with Gasteiger partial charge in [-0.3, -0.25) is 0 Å². The molecule has 3 N–H and O–H groups in total. The van der Waals surface area contributed by atoms with Gasteiger partial charge in [0.25, 0.3) is 0 Å². The van der Waals surface area contributed by atoms with Crippen LogP contribution < -0.4 is 11.1 Å². The first-order valence-corrected chi connectivity index (χ1v) is 6.12. The molecule has 4 nitrogen and oxygen atoms in total. The third-order valence-electron chi connectivity index (χ3n) is 2.11. The molecule has 1 aromatic carbocycles. The summed E-state index contributed by atoms with van der Waals surface area (Å²) in [4.78, 5) is 9.22. The lowest BCUT2D eigenvalue weighted by molar-refractivity contribution is 1.05. The normalized spacial score (nSPS) is 10.2. The molecule has 0 saturated carbocycles. The molecule has 1 heterocycles. The Hall–Kier alpha value is -1.46. The van der Waals surface area contributed by atoms with Gasteiger partial charge >= 0.3 is 0 Å². The number of halogens is 1. The fourth-order valence-corrected chi connectivity index (χ4v) is 2.20. The first-order valence-electron chi connectivity index (χ1n) is 4.92. The number of nitrogen functional groups attached to an aromatic ring is 1. The van der Waals surface area contributed by atoms with Crippen molar-refractivity contribution in [1.29, 1.82) is 0 Å². The van der Waals surface area contributed by atoms with E-state index < -0.39 is 0 Å². The summed E-state index contributed by atoms with van der Waals surface area (Å²) in [7, 11) is 1.77. The first kappa shape index (κ1) is 12.0. The predicted octanol–water partition coefficient (Wildman–Crippen LogP) is 2.91. The molecule has 0 unspecified atom stereocenters. The largest absolute Gasteiger partial charge is 0.394 e. The van der Waals surface area contributed by atoms with Gasteiger partial charge in [-0.1, -0.05) is 23.4 Å². The van der Waals surface area contributed by atoms with Gasteiger partial charge < -0.3 is 11.1 Å². The number of hydrogen-bond donors (Lipinski definition) is 2. The van der Waals surface area contributed by atoms with Crippen LogP contribution in [0.25, 0.3) is 0 Å². The van der Waals surface area contributed by atoms with E-state index in [1.54, 1.807) is 7.05 Å². The quantitative estimate of drug-likeness (QED) is 0.837. The molecule has 1 aromatic heterocycles. The number of benzene rings is 1. The number of nitrogens with one attached hydrogen (secondary N) is 1. The predicted molar refractivity (Wildman–Crippen MR) is 71.6 cm³/mol. The lowest BCUT2D eigenvalue weighted by Gasteiger charge is -2.07. The van der Waals surface area contributed by atoms with Crippen LogP contribution in [0.15, 0.2) is 40.5 Å². The third-order valence-corrected chi connectivity index (χ3v) is 3.39. The monoisotopic (exact) mass is 266 g/mol. The van der Waals surface area contributed by atoms with Gasteiger partial charge in [0.15, 0.2) is 5.82 Å². The maximum Gasteiger partial charge on any atom is 0.153 e. The Labute approximate surface area is 109 Å². The minimum Gasteiger partial charge on any atom is -0.394 e. The fourth-order valence-electron chi connectivity index (χ4n) is 1.27. The molecular weight excluding hydrogens is 256 g/mol. The molecule has 2 rings (SSSR count). The Kier molecular flexibility index (Phi) is 3.71. The van der Waals surface area contributed by atoms with Crippen molar-refractivity contribution >= 4 is 34.9 Å². The van der Waals surface area contributed by atoms with E-state index in [1.807, 2.05) is 24.3 Å². The Morgan fingerprint density at radius 1 is 1.24 bits per heavy atom. The van der Waals surface area contributed by atoms with Crippen LogP contribution in [0.1, 0.15) is 0 Å². The third kappa shape index (κ3) is 2.81. The van der Waals surface area contributed by atoms with Crippen LogP contribution >= 0.6 is 23.4 Å². The summed E-state index contributed by atoms with van der Waals surface area (Å²) < 4.78 is 0. The summed E-state index contributed by atoms with van der Waals surface area (Å²) >= 11 is 7.30. The smallest absolute Gasteiger partial charge is 0.153 e. The van der Waals surface area contributed by atoms with E-state index in [2.05, 4.69) is 15.3 Å². The zero-order chi connectivity index (χ0) is 12.3. The van der Waals surface area contributed by atoms with E-state index >= 15 is 0 Å². The summed E-state index contributed by atoms with van der Waals surface area (Å²) in [6, 6.07) is 7.52. The number of hydrogen-bond acceptors (Lipinski definition) is 5. The van der Waals surface area contributed by atoms with Gasteiger partial charge in [-0.15, -0.1) is 0 Å². The van der Waals surface area contributed by atoms with Crippen LogP contribution in [0.2, 0.25) is 5.02 Å². The van der Waals surface area contributed by atoms with Crippen molar-refractivity contribution in [2.75, 3.05) is 18.1 Å². The Morgan fingerprint density at radius 3 is 2.59 bits per heavy atom. The Morgan fingerprint density at radius 2 is 1.94 bits per heavy atom. The number of nitrogens with two attached hydrogens (primary N) is 1. The average Bonchev–Trinajstić information content (AvgIpc) is 2.35. The van der Waals surface area contributed by atoms with E-state index in [9.17, 15) is 0 Å². The molecule has 0 saturated heterocycles. The minimum atomic E-state index is 0.551. The van der Waals surface area contributed by atoms with E-state index in [0.717, 1.165) is 9.92 Å². The fraction of sp³-hybridized carbons (Fsp3) is 0.0909. The van der Waals surface area contributed by atoms with Gasteiger partial charge in [-0.05, 0) is 24.3 Å². The second kappa shape index (κ2) is 5.25. The van der Waals surface area contributed by atoms with E-state index in [1.165, 1.54) is 18.1 Å². The van der Waals surface area contributed by atoms with Crippen LogP contribution in [0.3, 0.4) is 0 Å². The van der Waals surface area contributed by atoms with Crippen molar-refractivity contribution in [2.24, 2.45) is 0 Å². The van der Waals surface area contributed by atoms with Gasteiger partial charge in [-0.25, -0.2) is 9.97 Å². The molecule has 0 aliphatic heterocycles. The maximum atomic E-state index is 5.94. The van der Waals surface area contributed by atoms with Gasteiger partial charge in [-0.2, -0.15) is 0 Å². The van der Waals surface area contributed by atoms with Crippen LogP contribution in [0, 0.1) is 0 Å². The SMILES string of the molecule is CNc1ncnc(Sc2ccc(Cl)cc2)c1N. The van der Waals surface area contributed by atoms with Crippen LogP contribution in [0.4, 0.5) is 11.5 Å². The molecule has 6 heteroatoms. The zero-order valence-corrected chi connectivity index (χ0v) is 10.7. The molecule has 0 aliphatic rings. The molecule has 0 bridgehead atoms. The van der Waals surface area contributed by atoms with Gasteiger partial charge in [0, 0.05) is 17.0 Å². The molecule has 0 amide bonds. The molecule has 0 radical (unpaired) electrons. The summed E-state index contributed by atoms with van der Waals surface area (Å²) in [5.74, 6) is 0.636. The highest BCUT2D eigenvalue weighted by Gasteiger charge is 2.08. The molecule has 0 spiro atoms. The van der Waals surface area contributed by atoms with Crippen molar-refractivity contribution in [2.45, 2.75) is 9.92 Å². The van der Waals surface area contributed by atoms with Gasteiger partial charge in [0.1, 0.15) is 17.0 Å². The van der Waals surface area contributed by atoms with E-state index in [4.69, 9.17) is 17.3 Å². The Bertz CT molecular complexity index is 515. The topological polar surface area (TPSA) is 63.8 Å². The average molecular weight is 267 g/mol. The molecule has 17 heavy (non-hydrogen) atoms. The van der Waals surface area contributed by atoms with Crippen LogP contribution in [0.5, 0.6) is 0 Å². The van der Waals surface area contributed by atoms with Crippen molar-refractivity contribution in [3.8, 4) is 0 Å². The number of rotatable bonds is 3. The standard InChI is InChI=1S/C11H11ClN4S/c1-14-10-9(13)11(16-6-15-10)17-8-4-2-7(12)3-5-8/h2-6H,13H2,1H3,(H,14,15,16). The molecule has 0 fully saturated rings. The molecule has 88 valence electrons. The lowest BCUT2D eigenvalue weighted by Crippen LogP contribution is -2.01. The van der Waals surface area contributed by atoms with Crippen molar-refractivity contribution in [1.82, 2.24) is 9.97 Å². The van der Waals surface area contributed by atoms with Crippen molar-refractivity contribution in [3.05, 3.63) is 35.6 Å². The minimum absolute atomic E-state index is 0.551. The maximum absolute atomic E-state index is 5.94. The Balaban J connectivity index is 2.27. The van der Waals surface area contributed by atoms with Crippen LogP contribution in [-0.4, -0.2) is 17.0 Å². The van der Waals surface area contributed by atoms with Gasteiger partial charge in [0.2, 0.25) is 0 Å². The number of nitrogens with zero attached hydrogens (tertiary/aromatic N) is 2. The van der Waals surface area contributed by atoms with Crippen molar-refractivity contribution < 1.29 is 0 Å². The summed E-state index contributed by atoms with van der Waals surface area (Å²) in [5.41, 5.74) is 6.49. The number of aromatic nitrogens is 2.